The molecule has 0 bridgehead atoms. The van der Waals surface area contributed by atoms with Crippen LogP contribution in [0.4, 0.5) is 0 Å². The van der Waals surface area contributed by atoms with Crippen LogP contribution in [0.3, 0.4) is 0 Å². The molecule has 0 unspecified atom stereocenters. The Labute approximate surface area is 182 Å². The molecule has 0 fully saturated rings. The fraction of sp³-hybridized carbons (Fsp3) is 0. The number of nitrogens with zero attached hydrogens (tertiary/aromatic N) is 1. The van der Waals surface area contributed by atoms with Crippen molar-refractivity contribution >= 4 is 48.5 Å². The molecule has 30 heavy (non-hydrogen) atoms. The van der Waals surface area contributed by atoms with Crippen LogP contribution in [-0.2, 0) is 0 Å². The van der Waals surface area contributed by atoms with Crippen LogP contribution in [0.1, 0.15) is 0 Å². The maximum absolute atomic E-state index is 3.66. The van der Waals surface area contributed by atoms with Crippen LogP contribution in [0.25, 0.3) is 60.5 Å². The Bertz CT molecular complexity index is 1660. The van der Waals surface area contributed by atoms with Crippen LogP contribution in [0.15, 0.2) is 102 Å². The molecule has 1 aliphatic carbocycles. The van der Waals surface area contributed by atoms with E-state index in [9.17, 15) is 0 Å². The Morgan fingerprint density at radius 1 is 0.500 bits per heavy atom. The lowest BCUT2D eigenvalue weighted by Crippen LogP contribution is -1.94. The lowest BCUT2D eigenvalue weighted by atomic mass is 9.93. The predicted molar refractivity (Wildman–Crippen MR) is 130 cm³/mol. The molecule has 1 nitrogen and oxygen atoms in total. The van der Waals surface area contributed by atoms with Gasteiger partial charge < -0.3 is 4.57 Å². The molecule has 1 aromatic heterocycles. The van der Waals surface area contributed by atoms with Crippen molar-refractivity contribution in [3.63, 3.8) is 0 Å². The van der Waals surface area contributed by atoms with E-state index in [0.29, 0.717) is 0 Å². The van der Waals surface area contributed by atoms with E-state index in [0.717, 1.165) is 4.47 Å². The summed E-state index contributed by atoms with van der Waals surface area (Å²) in [6.07, 6.45) is 0. The van der Waals surface area contributed by atoms with Crippen molar-refractivity contribution in [1.29, 1.82) is 0 Å². The third-order valence-corrected chi connectivity index (χ3v) is 6.86. The van der Waals surface area contributed by atoms with Crippen LogP contribution in [0, 0.1) is 0 Å². The second-order valence-electron chi connectivity index (χ2n) is 7.92. The lowest BCUT2D eigenvalue weighted by molar-refractivity contribution is 1.18. The summed E-state index contributed by atoms with van der Waals surface area (Å²) in [5, 5.41) is 5.34. The average Bonchev–Trinajstić information content (AvgIpc) is 3.07. The first-order chi connectivity index (χ1) is 14.8. The highest BCUT2D eigenvalue weighted by atomic mass is 79.9. The van der Waals surface area contributed by atoms with Gasteiger partial charge in [0.1, 0.15) is 0 Å². The van der Waals surface area contributed by atoms with Gasteiger partial charge in [-0.3, -0.25) is 0 Å². The van der Waals surface area contributed by atoms with E-state index in [1.165, 1.54) is 60.5 Å². The number of aromatic nitrogens is 1. The minimum Gasteiger partial charge on any atom is -0.309 e. The molecule has 0 saturated heterocycles. The molecule has 0 radical (unpaired) electrons. The first-order valence-electron chi connectivity index (χ1n) is 10.2. The van der Waals surface area contributed by atoms with E-state index in [4.69, 9.17) is 0 Å². The Balaban J connectivity index is 1.82. The third-order valence-electron chi connectivity index (χ3n) is 6.37. The van der Waals surface area contributed by atoms with Gasteiger partial charge in [0.05, 0.1) is 11.0 Å². The summed E-state index contributed by atoms with van der Waals surface area (Å²) in [6.45, 7) is 0. The van der Waals surface area contributed by atoms with Gasteiger partial charge in [-0.25, -0.2) is 0 Å². The highest BCUT2D eigenvalue weighted by Crippen LogP contribution is 2.49. The zero-order valence-electron chi connectivity index (χ0n) is 16.1. The topological polar surface area (TPSA) is 4.93 Å². The van der Waals surface area contributed by atoms with Crippen molar-refractivity contribution in [3.05, 3.63) is 102 Å². The van der Waals surface area contributed by atoms with Crippen LogP contribution < -0.4 is 0 Å². The molecule has 0 N–H and O–H groups in total. The normalized spacial score (nSPS) is 12.2. The molecule has 7 rings (SSSR count). The number of rotatable bonds is 1. The van der Waals surface area contributed by atoms with E-state index < -0.39 is 0 Å². The molecule has 6 aromatic rings. The predicted octanol–water partition coefficient (Wildman–Crippen LogP) is 8.35. The molecule has 2 heteroatoms. The second kappa shape index (κ2) is 5.84. The fourth-order valence-electron chi connectivity index (χ4n) is 5.22. The van der Waals surface area contributed by atoms with Gasteiger partial charge in [0.2, 0.25) is 0 Å². The number of hydrogen-bond acceptors (Lipinski definition) is 0. The summed E-state index contributed by atoms with van der Waals surface area (Å²) in [5.74, 6) is 0. The van der Waals surface area contributed by atoms with Crippen molar-refractivity contribution in [2.45, 2.75) is 0 Å². The van der Waals surface area contributed by atoms with E-state index in [1.54, 1.807) is 0 Å². The van der Waals surface area contributed by atoms with Crippen molar-refractivity contribution < 1.29 is 0 Å². The average molecular weight is 446 g/mol. The minimum atomic E-state index is 1.09. The zero-order valence-corrected chi connectivity index (χ0v) is 17.6. The molecule has 0 atom stereocenters. The van der Waals surface area contributed by atoms with Crippen molar-refractivity contribution in [2.24, 2.45) is 0 Å². The molecule has 0 amide bonds. The molecule has 140 valence electrons. The van der Waals surface area contributed by atoms with E-state index in [1.807, 2.05) is 0 Å². The third kappa shape index (κ3) is 2.02. The molecule has 0 saturated carbocycles. The maximum atomic E-state index is 3.66. The van der Waals surface area contributed by atoms with Crippen LogP contribution in [-0.4, -0.2) is 4.57 Å². The number of fused-ring (bicyclic) bond motifs is 3. The van der Waals surface area contributed by atoms with Crippen LogP contribution in [0.2, 0.25) is 0 Å². The molecule has 1 heterocycles. The monoisotopic (exact) mass is 445 g/mol. The zero-order chi connectivity index (χ0) is 19.8. The van der Waals surface area contributed by atoms with Gasteiger partial charge in [0, 0.05) is 20.9 Å². The number of halogens is 1. The lowest BCUT2D eigenvalue weighted by Gasteiger charge is -2.13. The molecular weight excluding hydrogens is 430 g/mol. The highest BCUT2D eigenvalue weighted by Gasteiger charge is 2.24. The summed E-state index contributed by atoms with van der Waals surface area (Å²) in [5.41, 5.74) is 8.92. The Morgan fingerprint density at radius 2 is 1.17 bits per heavy atom. The first kappa shape index (κ1) is 16.4. The van der Waals surface area contributed by atoms with Crippen molar-refractivity contribution in [3.8, 4) is 27.9 Å². The van der Waals surface area contributed by atoms with Gasteiger partial charge in [-0.1, -0.05) is 82.7 Å². The molecular formula is C28H16BrN. The van der Waals surface area contributed by atoms with Crippen molar-refractivity contribution in [1.82, 2.24) is 4.57 Å². The quantitative estimate of drug-likeness (QED) is 0.239. The van der Waals surface area contributed by atoms with E-state index in [-0.39, 0.29) is 0 Å². The first-order valence-corrected chi connectivity index (χ1v) is 11.0. The van der Waals surface area contributed by atoms with E-state index >= 15 is 0 Å². The van der Waals surface area contributed by atoms with Gasteiger partial charge in [-0.2, -0.15) is 0 Å². The summed E-state index contributed by atoms with van der Waals surface area (Å²) < 4.78 is 3.49. The van der Waals surface area contributed by atoms with Gasteiger partial charge in [-0.05, 0) is 63.4 Å². The van der Waals surface area contributed by atoms with Crippen LogP contribution in [0.5, 0.6) is 0 Å². The molecule has 0 spiro atoms. The van der Waals surface area contributed by atoms with Gasteiger partial charge in [0.25, 0.3) is 0 Å². The standard InChI is InChI=1S/C28H16BrN/c29-18-7-4-8-19(16-18)30-24-13-5-12-23-21-10-2-1-9-20(21)22-11-3-6-17-14-15-25(30)28(26(17)22)27(23)24/h1-16H. The Hall–Kier alpha value is -3.36. The number of benzene rings is 5. The second-order valence-corrected chi connectivity index (χ2v) is 8.84. The van der Waals surface area contributed by atoms with Crippen molar-refractivity contribution in [2.75, 3.05) is 0 Å². The number of hydrogen-bond donors (Lipinski definition) is 0. The maximum Gasteiger partial charge on any atom is 0.0548 e. The van der Waals surface area contributed by atoms with Crippen LogP contribution >= 0.6 is 15.9 Å². The SMILES string of the molecule is Brc1cccc(-n2c3cccc4c3c3c5c(cccc5ccc32)-c2ccccc2-4)c1. The molecule has 5 aromatic carbocycles. The summed E-state index contributed by atoms with van der Waals surface area (Å²) in [7, 11) is 0. The minimum absolute atomic E-state index is 1.09. The largest absolute Gasteiger partial charge is 0.309 e. The summed E-state index contributed by atoms with van der Waals surface area (Å²) >= 11 is 3.66. The highest BCUT2D eigenvalue weighted by molar-refractivity contribution is 9.10. The molecule has 0 aliphatic heterocycles. The van der Waals surface area contributed by atoms with E-state index in [2.05, 4.69) is 118 Å². The summed E-state index contributed by atoms with van der Waals surface area (Å²) in [6, 6.07) is 35.3. The fourth-order valence-corrected chi connectivity index (χ4v) is 5.61. The van der Waals surface area contributed by atoms with Gasteiger partial charge in [-0.15, -0.1) is 0 Å². The Morgan fingerprint density at radius 3 is 1.97 bits per heavy atom. The smallest absolute Gasteiger partial charge is 0.0548 e. The van der Waals surface area contributed by atoms with Gasteiger partial charge >= 0.3 is 0 Å². The van der Waals surface area contributed by atoms with Gasteiger partial charge in [0.15, 0.2) is 0 Å². The molecule has 1 aliphatic rings. The Kier molecular flexibility index (Phi) is 3.20. The summed E-state index contributed by atoms with van der Waals surface area (Å²) in [4.78, 5) is 0.